The van der Waals surface area contributed by atoms with Gasteiger partial charge in [0, 0.05) is 76.0 Å². The van der Waals surface area contributed by atoms with Gasteiger partial charge in [-0.1, -0.05) is 0 Å². The summed E-state index contributed by atoms with van der Waals surface area (Å²) in [4.78, 5) is 21.4. The number of amides is 2. The van der Waals surface area contributed by atoms with Crippen LogP contribution in [0.25, 0.3) is 0 Å². The lowest BCUT2D eigenvalue weighted by Gasteiger charge is -2.30. The fraction of sp³-hybridized carbons (Fsp3) is 0.545. The first-order valence-electron chi connectivity index (χ1n) is 10.8. The van der Waals surface area contributed by atoms with Crippen molar-refractivity contribution < 1.29 is 14.3 Å². The molecule has 0 saturated carbocycles. The van der Waals surface area contributed by atoms with Crippen molar-refractivity contribution in [2.24, 2.45) is 0 Å². The summed E-state index contributed by atoms with van der Waals surface area (Å²) in [7, 11) is 3.21. The first-order valence-corrected chi connectivity index (χ1v) is 10.8. The van der Waals surface area contributed by atoms with Gasteiger partial charge in [-0.05, 0) is 25.5 Å². The number of carbonyl (C=O) groups excluding carboxylic acids is 1. The lowest BCUT2D eigenvalue weighted by Crippen LogP contribution is -2.49. The van der Waals surface area contributed by atoms with Crippen molar-refractivity contribution in [2.45, 2.75) is 19.9 Å². The van der Waals surface area contributed by atoms with Gasteiger partial charge >= 0.3 is 6.03 Å². The Morgan fingerprint density at radius 3 is 2.65 bits per heavy atom. The number of urea groups is 1. The van der Waals surface area contributed by atoms with Crippen molar-refractivity contribution in [1.82, 2.24) is 25.1 Å². The lowest BCUT2D eigenvalue weighted by atomic mass is 10.2. The SMILES string of the molecule is COc1ccc(N(CCN2CCNCC2)C(=O)NCCCn2cncc2C)cc1OC. The molecule has 2 N–H and O–H groups in total. The standard InChI is InChI=1S/C22H34N6O3/c1-18-16-24-17-27(18)10-4-7-25-22(29)28(14-13-26-11-8-23-9-12-26)19-5-6-20(30-2)21(15-19)31-3/h5-6,15-17,23H,4,7-14H2,1-3H3,(H,25,29). The Morgan fingerprint density at radius 2 is 1.97 bits per heavy atom. The summed E-state index contributed by atoms with van der Waals surface area (Å²) in [5.74, 6) is 1.25. The van der Waals surface area contributed by atoms with Crippen LogP contribution in [-0.2, 0) is 6.54 Å². The molecule has 9 nitrogen and oxygen atoms in total. The molecule has 1 aromatic heterocycles. The van der Waals surface area contributed by atoms with Crippen LogP contribution in [0.15, 0.2) is 30.7 Å². The van der Waals surface area contributed by atoms with E-state index in [-0.39, 0.29) is 6.03 Å². The van der Waals surface area contributed by atoms with Gasteiger partial charge in [0.25, 0.3) is 0 Å². The predicted octanol–water partition coefficient (Wildman–Crippen LogP) is 1.72. The molecule has 0 spiro atoms. The highest BCUT2D eigenvalue weighted by Crippen LogP contribution is 2.31. The van der Waals surface area contributed by atoms with Gasteiger partial charge in [0.05, 0.1) is 20.5 Å². The molecule has 3 rings (SSSR count). The fourth-order valence-electron chi connectivity index (χ4n) is 3.68. The smallest absolute Gasteiger partial charge is 0.321 e. The molecule has 2 heterocycles. The number of aryl methyl sites for hydroxylation is 2. The number of rotatable bonds is 10. The maximum Gasteiger partial charge on any atom is 0.321 e. The number of imidazole rings is 1. The van der Waals surface area contributed by atoms with Crippen molar-refractivity contribution >= 4 is 11.7 Å². The quantitative estimate of drug-likeness (QED) is 0.559. The summed E-state index contributed by atoms with van der Waals surface area (Å²) in [6.07, 6.45) is 4.49. The molecule has 1 saturated heterocycles. The van der Waals surface area contributed by atoms with Crippen LogP contribution in [0.2, 0.25) is 0 Å². The van der Waals surface area contributed by atoms with Crippen LogP contribution in [0.3, 0.4) is 0 Å². The van der Waals surface area contributed by atoms with Crippen molar-refractivity contribution in [3.63, 3.8) is 0 Å². The van der Waals surface area contributed by atoms with Gasteiger partial charge in [0.2, 0.25) is 0 Å². The third-order valence-electron chi connectivity index (χ3n) is 5.55. The van der Waals surface area contributed by atoms with Crippen molar-refractivity contribution in [2.75, 3.05) is 64.9 Å². The van der Waals surface area contributed by atoms with Gasteiger partial charge in [-0.3, -0.25) is 9.80 Å². The maximum atomic E-state index is 13.1. The highest BCUT2D eigenvalue weighted by Gasteiger charge is 2.19. The molecular formula is C22H34N6O3. The number of benzene rings is 1. The molecule has 1 aliphatic rings. The molecular weight excluding hydrogens is 396 g/mol. The second-order valence-electron chi connectivity index (χ2n) is 7.60. The number of hydrogen-bond acceptors (Lipinski definition) is 6. The second kappa shape index (κ2) is 11.6. The molecule has 1 aliphatic heterocycles. The topological polar surface area (TPSA) is 83.9 Å². The maximum absolute atomic E-state index is 13.1. The van der Waals surface area contributed by atoms with E-state index in [1.807, 2.05) is 37.6 Å². The minimum Gasteiger partial charge on any atom is -0.493 e. The van der Waals surface area contributed by atoms with Gasteiger partial charge in [0.15, 0.2) is 11.5 Å². The van der Waals surface area contributed by atoms with Crippen LogP contribution in [-0.4, -0.2) is 80.5 Å². The first kappa shape index (κ1) is 22.9. The number of aromatic nitrogens is 2. The van der Waals surface area contributed by atoms with E-state index in [1.165, 1.54) is 0 Å². The highest BCUT2D eigenvalue weighted by molar-refractivity contribution is 5.92. The van der Waals surface area contributed by atoms with E-state index in [0.29, 0.717) is 24.6 Å². The zero-order valence-corrected chi connectivity index (χ0v) is 18.8. The van der Waals surface area contributed by atoms with Crippen molar-refractivity contribution in [3.05, 3.63) is 36.4 Å². The minimum absolute atomic E-state index is 0.107. The largest absolute Gasteiger partial charge is 0.493 e. The molecule has 170 valence electrons. The Morgan fingerprint density at radius 1 is 1.19 bits per heavy atom. The van der Waals surface area contributed by atoms with Crippen LogP contribution in [0.4, 0.5) is 10.5 Å². The first-order chi connectivity index (χ1) is 15.1. The Bertz CT molecular complexity index is 834. The Balaban J connectivity index is 1.63. The summed E-state index contributed by atoms with van der Waals surface area (Å²) < 4.78 is 12.9. The average molecular weight is 431 g/mol. The van der Waals surface area contributed by atoms with Gasteiger partial charge in [-0.15, -0.1) is 0 Å². The third-order valence-corrected chi connectivity index (χ3v) is 5.55. The van der Waals surface area contributed by atoms with Crippen LogP contribution in [0.5, 0.6) is 11.5 Å². The Kier molecular flexibility index (Phi) is 8.54. The van der Waals surface area contributed by atoms with Gasteiger partial charge in [-0.2, -0.15) is 0 Å². The summed E-state index contributed by atoms with van der Waals surface area (Å²) >= 11 is 0. The van der Waals surface area contributed by atoms with Gasteiger partial charge < -0.3 is 24.7 Å². The molecule has 0 bridgehead atoms. The van der Waals surface area contributed by atoms with Crippen LogP contribution in [0.1, 0.15) is 12.1 Å². The number of nitrogens with zero attached hydrogens (tertiary/aromatic N) is 4. The number of nitrogens with one attached hydrogen (secondary N) is 2. The zero-order chi connectivity index (χ0) is 22.1. The molecule has 2 aromatic rings. The average Bonchev–Trinajstić information content (AvgIpc) is 3.22. The van der Waals surface area contributed by atoms with E-state index in [4.69, 9.17) is 9.47 Å². The van der Waals surface area contributed by atoms with Crippen LogP contribution >= 0.6 is 0 Å². The van der Waals surface area contributed by atoms with Crippen molar-refractivity contribution in [1.29, 1.82) is 0 Å². The monoisotopic (exact) mass is 430 g/mol. The molecule has 1 aromatic carbocycles. The number of ether oxygens (including phenoxy) is 2. The van der Waals surface area contributed by atoms with Gasteiger partial charge in [0.1, 0.15) is 0 Å². The molecule has 0 unspecified atom stereocenters. The van der Waals surface area contributed by atoms with E-state index in [1.54, 1.807) is 19.1 Å². The molecule has 9 heteroatoms. The highest BCUT2D eigenvalue weighted by atomic mass is 16.5. The predicted molar refractivity (Wildman–Crippen MR) is 121 cm³/mol. The zero-order valence-electron chi connectivity index (χ0n) is 18.8. The third kappa shape index (κ3) is 6.35. The van der Waals surface area contributed by atoms with E-state index < -0.39 is 0 Å². The number of hydrogen-bond donors (Lipinski definition) is 2. The lowest BCUT2D eigenvalue weighted by molar-refractivity contribution is 0.234. The molecule has 0 radical (unpaired) electrons. The Hall–Kier alpha value is -2.78. The summed E-state index contributed by atoms with van der Waals surface area (Å²) in [6.45, 7) is 8.81. The molecule has 1 fully saturated rings. The van der Waals surface area contributed by atoms with E-state index >= 15 is 0 Å². The Labute approximate surface area is 184 Å². The number of anilines is 1. The number of carbonyl (C=O) groups is 1. The minimum atomic E-state index is -0.107. The number of methoxy groups -OCH3 is 2. The van der Waals surface area contributed by atoms with Gasteiger partial charge in [-0.25, -0.2) is 9.78 Å². The van der Waals surface area contributed by atoms with E-state index in [2.05, 4.69) is 25.1 Å². The van der Waals surface area contributed by atoms with E-state index in [9.17, 15) is 4.79 Å². The molecule has 0 atom stereocenters. The number of piperazine rings is 1. The summed E-state index contributed by atoms with van der Waals surface area (Å²) in [6, 6.07) is 5.48. The summed E-state index contributed by atoms with van der Waals surface area (Å²) in [5.41, 5.74) is 1.91. The fourth-order valence-corrected chi connectivity index (χ4v) is 3.68. The molecule has 2 amide bonds. The van der Waals surface area contributed by atoms with Crippen LogP contribution < -0.4 is 25.0 Å². The second-order valence-corrected chi connectivity index (χ2v) is 7.60. The van der Waals surface area contributed by atoms with E-state index in [0.717, 1.165) is 57.1 Å². The van der Waals surface area contributed by atoms with Crippen LogP contribution in [0, 0.1) is 6.92 Å². The molecule has 31 heavy (non-hydrogen) atoms. The van der Waals surface area contributed by atoms with Crippen molar-refractivity contribution in [3.8, 4) is 11.5 Å². The summed E-state index contributed by atoms with van der Waals surface area (Å²) in [5, 5.41) is 6.43. The molecule has 0 aliphatic carbocycles. The normalized spacial score (nSPS) is 14.3.